The van der Waals surface area contributed by atoms with Crippen molar-refractivity contribution < 1.29 is 0 Å². The fraction of sp³-hybridized carbons (Fsp3) is 0.0323. The fourth-order valence-corrected chi connectivity index (χ4v) is 15.3. The van der Waals surface area contributed by atoms with Gasteiger partial charge in [0, 0.05) is 33.3 Å². The molecule has 0 fully saturated rings. The van der Waals surface area contributed by atoms with E-state index in [0.29, 0.717) is 0 Å². The SMILES string of the molecule is CC1(C)c2ccc(-c3cccc4c(-c5cccc(N(c6ccccc6-c6ccccc6-c6ccccc6)c6cccc7ccccc67)c5)cccc34)cc2-c2cccc(N(c3cccc(-c4cccc5ccccc45)c3)c3ccccc3-c3ccccc3-c3ccccc3)c21. The van der Waals surface area contributed by atoms with E-state index in [9.17, 15) is 0 Å². The van der Waals surface area contributed by atoms with Crippen molar-refractivity contribution >= 4 is 66.4 Å². The van der Waals surface area contributed by atoms with Crippen LogP contribution in [0.3, 0.4) is 0 Å². The van der Waals surface area contributed by atoms with Crippen LogP contribution in [0.2, 0.25) is 0 Å². The van der Waals surface area contributed by atoms with E-state index in [1.54, 1.807) is 0 Å². The van der Waals surface area contributed by atoms with Gasteiger partial charge in [-0.3, -0.25) is 0 Å². The summed E-state index contributed by atoms with van der Waals surface area (Å²) in [6, 6.07) is 134. The van der Waals surface area contributed by atoms with Crippen molar-refractivity contribution in [1.82, 2.24) is 0 Å². The van der Waals surface area contributed by atoms with E-state index in [2.05, 4.69) is 388 Å². The number of nitrogens with zero attached hydrogens (tertiary/aromatic N) is 2. The molecule has 95 heavy (non-hydrogen) atoms. The van der Waals surface area contributed by atoms with E-state index in [1.165, 1.54) is 116 Å². The van der Waals surface area contributed by atoms with Gasteiger partial charge in [-0.1, -0.05) is 323 Å². The molecule has 17 rings (SSSR count). The molecule has 0 saturated carbocycles. The standard InChI is InChI=1S/C93H66N2/c1-93(2)87-59-58-69(62-86(87)85-53-27-57-91(92(85)93)95(71-39-21-36-67(60-71)75-48-23-34-65-32-9-11-40-72(65)75)90-55-20-18-47-84(90)82-45-16-14-42-74(82)64-30-7-4-8-31-64)77-50-26-51-79-76(49-25-52-80(77)79)68-37-22-38-70(61-68)94(88-56-24-35-66-33-10-12-43-78(66)88)89-54-19-17-46-83(89)81-44-15-13-41-73(81)63-28-5-3-6-29-63/h3-62H,1-2H3. The van der Waals surface area contributed by atoms with Gasteiger partial charge in [-0.2, -0.15) is 0 Å². The van der Waals surface area contributed by atoms with Gasteiger partial charge in [0.2, 0.25) is 0 Å². The maximum atomic E-state index is 2.55. The summed E-state index contributed by atoms with van der Waals surface area (Å²) in [4.78, 5) is 5.02. The summed E-state index contributed by atoms with van der Waals surface area (Å²) in [7, 11) is 0. The molecule has 2 nitrogen and oxygen atoms in total. The van der Waals surface area contributed by atoms with Crippen molar-refractivity contribution in [3.05, 3.63) is 375 Å². The van der Waals surface area contributed by atoms with Crippen LogP contribution in [0.5, 0.6) is 0 Å². The van der Waals surface area contributed by atoms with Gasteiger partial charge in [-0.15, -0.1) is 0 Å². The Balaban J connectivity index is 0.795. The molecule has 16 aromatic rings. The second-order valence-corrected chi connectivity index (χ2v) is 25.4. The van der Waals surface area contributed by atoms with Crippen molar-refractivity contribution in [3.8, 4) is 89.0 Å². The Labute approximate surface area is 556 Å². The van der Waals surface area contributed by atoms with Crippen LogP contribution in [-0.4, -0.2) is 0 Å². The predicted molar refractivity (Wildman–Crippen MR) is 404 cm³/mol. The number of hydrogen-bond acceptors (Lipinski definition) is 2. The van der Waals surface area contributed by atoms with Crippen LogP contribution < -0.4 is 9.80 Å². The first-order valence-corrected chi connectivity index (χ1v) is 33.0. The molecule has 1 aliphatic rings. The Kier molecular flexibility index (Phi) is 14.3. The van der Waals surface area contributed by atoms with E-state index in [0.717, 1.165) is 50.8 Å². The summed E-state index contributed by atoms with van der Waals surface area (Å²) < 4.78 is 0. The first-order chi connectivity index (χ1) is 46.9. The van der Waals surface area contributed by atoms with Crippen LogP contribution in [0.25, 0.3) is 121 Å². The number of rotatable bonds is 13. The highest BCUT2D eigenvalue weighted by Gasteiger charge is 2.40. The monoisotopic (exact) mass is 1210 g/mol. The fourth-order valence-electron chi connectivity index (χ4n) is 15.3. The molecule has 0 amide bonds. The number of para-hydroxylation sites is 2. The number of fused-ring (bicyclic) bond motifs is 6. The van der Waals surface area contributed by atoms with Crippen LogP contribution in [0.1, 0.15) is 25.0 Å². The average Bonchev–Trinajstić information content (AvgIpc) is 1.65. The van der Waals surface area contributed by atoms with Crippen LogP contribution in [0.15, 0.2) is 364 Å². The minimum atomic E-state index is -0.370. The van der Waals surface area contributed by atoms with Gasteiger partial charge in [0.15, 0.2) is 0 Å². The van der Waals surface area contributed by atoms with Gasteiger partial charge in [0.25, 0.3) is 0 Å². The van der Waals surface area contributed by atoms with E-state index in [4.69, 9.17) is 0 Å². The molecule has 0 radical (unpaired) electrons. The maximum Gasteiger partial charge on any atom is 0.0540 e. The topological polar surface area (TPSA) is 6.48 Å². The number of benzene rings is 16. The van der Waals surface area contributed by atoms with Crippen molar-refractivity contribution in [2.45, 2.75) is 19.3 Å². The Morgan fingerprint density at radius 3 is 1.13 bits per heavy atom. The highest BCUT2D eigenvalue weighted by Crippen LogP contribution is 2.57. The summed E-state index contributed by atoms with van der Waals surface area (Å²) in [5.41, 5.74) is 27.9. The lowest BCUT2D eigenvalue weighted by Gasteiger charge is -2.33. The molecule has 0 aromatic heterocycles. The number of hydrogen-bond donors (Lipinski definition) is 0. The molecule has 0 unspecified atom stereocenters. The summed E-state index contributed by atoms with van der Waals surface area (Å²) in [5.74, 6) is 0. The molecule has 448 valence electrons. The minimum Gasteiger partial charge on any atom is -0.310 e. The highest BCUT2D eigenvalue weighted by atomic mass is 15.2. The van der Waals surface area contributed by atoms with Crippen molar-refractivity contribution in [2.24, 2.45) is 0 Å². The predicted octanol–water partition coefficient (Wildman–Crippen LogP) is 26.1. The molecule has 0 atom stereocenters. The molecule has 0 spiro atoms. The van der Waals surface area contributed by atoms with Gasteiger partial charge < -0.3 is 9.80 Å². The van der Waals surface area contributed by atoms with Crippen molar-refractivity contribution in [3.63, 3.8) is 0 Å². The largest absolute Gasteiger partial charge is 0.310 e. The third kappa shape index (κ3) is 9.98. The molecule has 0 saturated heterocycles. The average molecular weight is 1210 g/mol. The third-order valence-corrected chi connectivity index (χ3v) is 19.6. The second-order valence-electron chi connectivity index (χ2n) is 25.4. The highest BCUT2D eigenvalue weighted by molar-refractivity contribution is 6.08. The molecular weight excluding hydrogens is 1150 g/mol. The first-order valence-electron chi connectivity index (χ1n) is 33.0. The van der Waals surface area contributed by atoms with Crippen LogP contribution >= 0.6 is 0 Å². The van der Waals surface area contributed by atoms with Gasteiger partial charge in [0.1, 0.15) is 0 Å². The molecular formula is C93H66N2. The lowest BCUT2D eigenvalue weighted by molar-refractivity contribution is 0.661. The van der Waals surface area contributed by atoms with Gasteiger partial charge in [0.05, 0.1) is 22.7 Å². The normalized spacial score (nSPS) is 12.2. The second kappa shape index (κ2) is 23.9. The zero-order chi connectivity index (χ0) is 63.4. The Morgan fingerprint density at radius 1 is 0.200 bits per heavy atom. The molecule has 0 bridgehead atoms. The van der Waals surface area contributed by atoms with E-state index >= 15 is 0 Å². The third-order valence-electron chi connectivity index (χ3n) is 19.6. The maximum absolute atomic E-state index is 2.55. The Bertz CT molecular complexity index is 5590. The summed E-state index contributed by atoms with van der Waals surface area (Å²) >= 11 is 0. The lowest BCUT2D eigenvalue weighted by atomic mass is 9.80. The molecule has 1 aliphatic carbocycles. The lowest BCUT2D eigenvalue weighted by Crippen LogP contribution is -2.21. The van der Waals surface area contributed by atoms with Crippen LogP contribution in [-0.2, 0) is 5.41 Å². The first kappa shape index (κ1) is 56.8. The zero-order valence-electron chi connectivity index (χ0n) is 53.0. The van der Waals surface area contributed by atoms with Gasteiger partial charge in [-0.05, 0) is 171 Å². The summed E-state index contributed by atoms with van der Waals surface area (Å²) in [6.45, 7) is 4.84. The Morgan fingerprint density at radius 2 is 0.547 bits per heavy atom. The molecule has 2 heteroatoms. The molecule has 0 aliphatic heterocycles. The summed E-state index contributed by atoms with van der Waals surface area (Å²) in [5, 5.41) is 7.25. The van der Waals surface area contributed by atoms with E-state index < -0.39 is 0 Å². The van der Waals surface area contributed by atoms with Gasteiger partial charge >= 0.3 is 0 Å². The molecule has 0 heterocycles. The van der Waals surface area contributed by atoms with Crippen molar-refractivity contribution in [1.29, 1.82) is 0 Å². The van der Waals surface area contributed by atoms with E-state index in [-0.39, 0.29) is 5.41 Å². The van der Waals surface area contributed by atoms with Crippen molar-refractivity contribution in [2.75, 3.05) is 9.80 Å². The smallest absolute Gasteiger partial charge is 0.0540 e. The Hall–Kier alpha value is -12.1. The van der Waals surface area contributed by atoms with Crippen LogP contribution in [0.4, 0.5) is 34.1 Å². The quantitative estimate of drug-likeness (QED) is 0.114. The summed E-state index contributed by atoms with van der Waals surface area (Å²) in [6.07, 6.45) is 0. The van der Waals surface area contributed by atoms with Gasteiger partial charge in [-0.25, -0.2) is 0 Å². The minimum absolute atomic E-state index is 0.370. The van der Waals surface area contributed by atoms with E-state index in [1.807, 2.05) is 0 Å². The number of anilines is 6. The molecule has 0 N–H and O–H groups in total. The van der Waals surface area contributed by atoms with Crippen LogP contribution in [0, 0.1) is 0 Å². The zero-order valence-corrected chi connectivity index (χ0v) is 53.0. The molecule has 16 aromatic carbocycles.